The predicted molar refractivity (Wildman–Crippen MR) is 56.7 cm³/mol. The summed E-state index contributed by atoms with van der Waals surface area (Å²) < 4.78 is 27.1. The third-order valence-electron chi connectivity index (χ3n) is 2.64. The molecule has 1 fully saturated rings. The second-order valence-corrected chi connectivity index (χ2v) is 5.41. The molecule has 2 heterocycles. The van der Waals surface area contributed by atoms with Crippen LogP contribution >= 0.6 is 0 Å². The lowest BCUT2D eigenvalue weighted by molar-refractivity contribution is 0.467. The van der Waals surface area contributed by atoms with Gasteiger partial charge in [-0.2, -0.15) is 12.7 Å². The molecular formula is C9H15N3O2S. The molecule has 15 heavy (non-hydrogen) atoms. The van der Waals surface area contributed by atoms with Gasteiger partial charge in [0.2, 0.25) is 0 Å². The summed E-state index contributed by atoms with van der Waals surface area (Å²) in [4.78, 5) is 4.03. The summed E-state index contributed by atoms with van der Waals surface area (Å²) in [6, 6.07) is 0. The molecule has 0 aromatic carbocycles. The van der Waals surface area contributed by atoms with Crippen molar-refractivity contribution in [1.29, 1.82) is 0 Å². The lowest BCUT2D eigenvalue weighted by atomic mass is 10.4. The van der Waals surface area contributed by atoms with Crippen LogP contribution in [0, 0.1) is 0 Å². The van der Waals surface area contributed by atoms with Gasteiger partial charge in [-0.05, 0) is 12.8 Å². The topological polar surface area (TPSA) is 55.2 Å². The van der Waals surface area contributed by atoms with E-state index in [1.165, 1.54) is 20.7 Å². The Kier molecular flexibility index (Phi) is 2.79. The molecule has 0 aliphatic carbocycles. The van der Waals surface area contributed by atoms with Crippen LogP contribution in [0.4, 0.5) is 0 Å². The molecular weight excluding hydrogens is 214 g/mol. The van der Waals surface area contributed by atoms with Crippen molar-refractivity contribution in [2.75, 3.05) is 13.1 Å². The molecule has 0 radical (unpaired) electrons. The van der Waals surface area contributed by atoms with Gasteiger partial charge in [-0.3, -0.25) is 0 Å². The number of hydrogen-bond donors (Lipinski definition) is 0. The van der Waals surface area contributed by atoms with Crippen LogP contribution in [0.3, 0.4) is 0 Å². The van der Waals surface area contributed by atoms with Crippen molar-refractivity contribution >= 4 is 10.2 Å². The quantitative estimate of drug-likeness (QED) is 0.764. The lowest BCUT2D eigenvalue weighted by Gasteiger charge is -2.17. The van der Waals surface area contributed by atoms with Crippen molar-refractivity contribution in [3.05, 3.63) is 18.2 Å². The van der Waals surface area contributed by atoms with E-state index in [1.54, 1.807) is 0 Å². The number of aryl methyl sites for hydroxylation is 1. The molecule has 1 aromatic rings. The van der Waals surface area contributed by atoms with Crippen LogP contribution in [0.15, 0.2) is 12.4 Å². The Bertz CT molecular complexity index is 432. The monoisotopic (exact) mass is 229 g/mol. The zero-order chi connectivity index (χ0) is 10.9. The second-order valence-electron chi connectivity index (χ2n) is 3.61. The van der Waals surface area contributed by atoms with Gasteiger partial charge in [-0.15, -0.1) is 0 Å². The van der Waals surface area contributed by atoms with E-state index in [1.807, 2.05) is 6.92 Å². The second kappa shape index (κ2) is 3.94. The molecule has 5 nitrogen and oxygen atoms in total. The fourth-order valence-electron chi connectivity index (χ4n) is 1.82. The van der Waals surface area contributed by atoms with E-state index in [2.05, 4.69) is 4.98 Å². The van der Waals surface area contributed by atoms with Crippen LogP contribution in [0.1, 0.15) is 25.6 Å². The van der Waals surface area contributed by atoms with E-state index in [-0.39, 0.29) is 0 Å². The first-order valence-electron chi connectivity index (χ1n) is 5.19. The maximum atomic E-state index is 12.1. The highest BCUT2D eigenvalue weighted by atomic mass is 32.2. The third kappa shape index (κ3) is 1.79. The molecule has 1 saturated heterocycles. The highest BCUT2D eigenvalue weighted by Gasteiger charge is 2.27. The lowest BCUT2D eigenvalue weighted by Crippen LogP contribution is -2.33. The molecule has 0 bridgehead atoms. The third-order valence-corrected chi connectivity index (χ3v) is 4.48. The molecule has 84 valence electrons. The Labute approximate surface area is 89.9 Å². The largest absolute Gasteiger partial charge is 0.308 e. The van der Waals surface area contributed by atoms with Crippen molar-refractivity contribution in [1.82, 2.24) is 13.3 Å². The molecule has 2 rings (SSSR count). The summed E-state index contributed by atoms with van der Waals surface area (Å²) in [6.45, 7) is 3.16. The number of nitrogens with zero attached hydrogens (tertiary/aromatic N) is 3. The summed E-state index contributed by atoms with van der Waals surface area (Å²) in [5.41, 5.74) is 0. The average Bonchev–Trinajstić information content (AvgIpc) is 2.89. The van der Waals surface area contributed by atoms with Crippen LogP contribution in [-0.4, -0.2) is 34.8 Å². The smallest absolute Gasteiger partial charge is 0.241 e. The minimum Gasteiger partial charge on any atom is -0.241 e. The fourth-order valence-corrected chi connectivity index (χ4v) is 3.44. The summed E-state index contributed by atoms with van der Waals surface area (Å²) in [7, 11) is -3.35. The Morgan fingerprint density at radius 2 is 2.07 bits per heavy atom. The first-order chi connectivity index (χ1) is 7.16. The van der Waals surface area contributed by atoms with Gasteiger partial charge in [0.1, 0.15) is 5.82 Å². The zero-order valence-corrected chi connectivity index (χ0v) is 9.57. The van der Waals surface area contributed by atoms with Crippen molar-refractivity contribution in [2.45, 2.75) is 26.2 Å². The highest BCUT2D eigenvalue weighted by Crippen LogP contribution is 2.16. The van der Waals surface area contributed by atoms with Gasteiger partial charge >= 0.3 is 10.2 Å². The number of imidazole rings is 1. The van der Waals surface area contributed by atoms with Crippen molar-refractivity contribution in [2.24, 2.45) is 0 Å². The Morgan fingerprint density at radius 1 is 1.40 bits per heavy atom. The first-order valence-corrected chi connectivity index (χ1v) is 6.59. The summed E-state index contributed by atoms with van der Waals surface area (Å²) >= 11 is 0. The SMILES string of the molecule is CCc1nccn1S(=O)(=O)N1CCCC1. The van der Waals surface area contributed by atoms with Gasteiger partial charge in [0.25, 0.3) is 0 Å². The van der Waals surface area contributed by atoms with E-state index < -0.39 is 10.2 Å². The van der Waals surface area contributed by atoms with Crippen molar-refractivity contribution in [3.8, 4) is 0 Å². The number of rotatable bonds is 3. The van der Waals surface area contributed by atoms with Gasteiger partial charge in [0, 0.05) is 31.9 Å². The Morgan fingerprint density at radius 3 is 2.67 bits per heavy atom. The number of hydrogen-bond acceptors (Lipinski definition) is 3. The number of aromatic nitrogens is 2. The molecule has 0 atom stereocenters. The molecule has 0 amide bonds. The van der Waals surface area contributed by atoms with E-state index in [9.17, 15) is 8.42 Å². The molecule has 1 aromatic heterocycles. The molecule has 0 N–H and O–H groups in total. The van der Waals surface area contributed by atoms with Crippen LogP contribution < -0.4 is 0 Å². The normalized spacial score (nSPS) is 18.5. The predicted octanol–water partition coefficient (Wildman–Crippen LogP) is 0.634. The fraction of sp³-hybridized carbons (Fsp3) is 0.667. The summed E-state index contributed by atoms with van der Waals surface area (Å²) in [5.74, 6) is 0.599. The molecule has 0 saturated carbocycles. The van der Waals surface area contributed by atoms with E-state index in [0.717, 1.165) is 12.8 Å². The van der Waals surface area contributed by atoms with E-state index in [4.69, 9.17) is 0 Å². The maximum Gasteiger partial charge on any atom is 0.308 e. The van der Waals surface area contributed by atoms with Crippen LogP contribution in [0.25, 0.3) is 0 Å². The summed E-state index contributed by atoms with van der Waals surface area (Å²) in [6.07, 6.45) is 5.59. The van der Waals surface area contributed by atoms with Crippen LogP contribution in [0.2, 0.25) is 0 Å². The molecule has 1 aliphatic rings. The van der Waals surface area contributed by atoms with Crippen molar-refractivity contribution in [3.63, 3.8) is 0 Å². The minimum atomic E-state index is -3.35. The molecule has 0 spiro atoms. The maximum absolute atomic E-state index is 12.1. The van der Waals surface area contributed by atoms with Gasteiger partial charge in [0.15, 0.2) is 0 Å². The molecule has 6 heteroatoms. The Hall–Kier alpha value is -0.880. The Balaban J connectivity index is 2.36. The van der Waals surface area contributed by atoms with E-state index in [0.29, 0.717) is 25.3 Å². The zero-order valence-electron chi connectivity index (χ0n) is 8.76. The molecule has 0 unspecified atom stereocenters. The van der Waals surface area contributed by atoms with E-state index >= 15 is 0 Å². The van der Waals surface area contributed by atoms with Gasteiger partial charge < -0.3 is 0 Å². The van der Waals surface area contributed by atoms with Gasteiger partial charge in [0.05, 0.1) is 0 Å². The van der Waals surface area contributed by atoms with Crippen LogP contribution in [0.5, 0.6) is 0 Å². The first kappa shape index (κ1) is 10.6. The van der Waals surface area contributed by atoms with Crippen LogP contribution in [-0.2, 0) is 16.6 Å². The summed E-state index contributed by atoms with van der Waals surface area (Å²) in [5, 5.41) is 0. The highest BCUT2D eigenvalue weighted by molar-refractivity contribution is 7.87. The van der Waals surface area contributed by atoms with Crippen molar-refractivity contribution < 1.29 is 8.42 Å². The van der Waals surface area contributed by atoms with Gasteiger partial charge in [-0.1, -0.05) is 6.92 Å². The van der Waals surface area contributed by atoms with Gasteiger partial charge in [-0.25, -0.2) is 8.96 Å². The minimum absolute atomic E-state index is 0.599. The average molecular weight is 229 g/mol. The standard InChI is InChI=1S/C9H15N3O2S/c1-2-9-10-5-8-12(9)15(13,14)11-6-3-4-7-11/h5,8H,2-4,6-7H2,1H3. The molecule has 1 aliphatic heterocycles.